The van der Waals surface area contributed by atoms with Gasteiger partial charge >= 0.3 is 0 Å². The number of rotatable bonds is 7. The minimum atomic E-state index is -0.218. The van der Waals surface area contributed by atoms with Crippen molar-refractivity contribution >= 4 is 0 Å². The van der Waals surface area contributed by atoms with Crippen molar-refractivity contribution in [1.29, 1.82) is 0 Å². The lowest BCUT2D eigenvalue weighted by atomic mass is 10.1. The molecule has 0 aromatic heterocycles. The highest BCUT2D eigenvalue weighted by molar-refractivity contribution is 5.32. The van der Waals surface area contributed by atoms with E-state index in [-0.39, 0.29) is 5.82 Å². The molecule has 0 bridgehead atoms. The van der Waals surface area contributed by atoms with Gasteiger partial charge in [-0.05, 0) is 49.6 Å². The van der Waals surface area contributed by atoms with Gasteiger partial charge in [0.25, 0.3) is 0 Å². The largest absolute Gasteiger partial charge is 0.492 e. The van der Waals surface area contributed by atoms with Crippen molar-refractivity contribution in [1.82, 2.24) is 5.32 Å². The zero-order chi connectivity index (χ0) is 12.7. The molecular weight excluding hydrogens is 217 g/mol. The van der Waals surface area contributed by atoms with E-state index in [1.807, 2.05) is 6.92 Å². The molecule has 3 heteroatoms. The molecule has 2 nitrogen and oxygen atoms in total. The van der Waals surface area contributed by atoms with Crippen LogP contribution in [0, 0.1) is 18.7 Å². The second-order valence-electron chi connectivity index (χ2n) is 4.69. The van der Waals surface area contributed by atoms with Gasteiger partial charge in [-0.15, -0.1) is 0 Å². The third kappa shape index (κ3) is 5.68. The molecule has 0 aliphatic rings. The standard InChI is InChI=1S/C14H22FNO/c1-11(2)6-7-16-8-9-17-14-5-4-13(15)10-12(14)3/h4-5,10-11,16H,6-9H2,1-3H3. The van der Waals surface area contributed by atoms with Crippen LogP contribution in [-0.2, 0) is 0 Å². The molecule has 0 unspecified atom stereocenters. The van der Waals surface area contributed by atoms with Crippen LogP contribution in [0.3, 0.4) is 0 Å². The summed E-state index contributed by atoms with van der Waals surface area (Å²) in [6, 6.07) is 4.59. The van der Waals surface area contributed by atoms with Gasteiger partial charge < -0.3 is 10.1 Å². The van der Waals surface area contributed by atoms with Crippen LogP contribution in [0.15, 0.2) is 18.2 Å². The molecule has 0 amide bonds. The minimum Gasteiger partial charge on any atom is -0.492 e. The Morgan fingerprint density at radius 2 is 2.06 bits per heavy atom. The predicted octanol–water partition coefficient (Wildman–Crippen LogP) is 3.15. The van der Waals surface area contributed by atoms with E-state index in [4.69, 9.17) is 4.74 Å². The number of hydrogen-bond donors (Lipinski definition) is 1. The number of benzene rings is 1. The zero-order valence-electron chi connectivity index (χ0n) is 10.9. The summed E-state index contributed by atoms with van der Waals surface area (Å²) in [5.74, 6) is 1.27. The van der Waals surface area contributed by atoms with E-state index in [0.29, 0.717) is 6.61 Å². The zero-order valence-corrected chi connectivity index (χ0v) is 10.9. The Hall–Kier alpha value is -1.09. The second-order valence-corrected chi connectivity index (χ2v) is 4.69. The van der Waals surface area contributed by atoms with E-state index in [2.05, 4.69) is 19.2 Å². The van der Waals surface area contributed by atoms with E-state index in [9.17, 15) is 4.39 Å². The third-order valence-electron chi connectivity index (χ3n) is 2.57. The lowest BCUT2D eigenvalue weighted by Gasteiger charge is -2.10. The SMILES string of the molecule is Cc1cc(F)ccc1OCCNCCC(C)C. The number of aryl methyl sites for hydroxylation is 1. The van der Waals surface area contributed by atoms with Gasteiger partial charge in [-0.25, -0.2) is 4.39 Å². The molecule has 1 rings (SSSR count). The summed E-state index contributed by atoms with van der Waals surface area (Å²) in [7, 11) is 0. The maximum absolute atomic E-state index is 12.8. The maximum Gasteiger partial charge on any atom is 0.123 e. The van der Waals surface area contributed by atoms with Crippen LogP contribution in [0.1, 0.15) is 25.8 Å². The summed E-state index contributed by atoms with van der Waals surface area (Å²) in [5, 5.41) is 3.32. The monoisotopic (exact) mass is 239 g/mol. The van der Waals surface area contributed by atoms with E-state index in [1.54, 1.807) is 6.07 Å². The Labute approximate surface area is 103 Å². The molecule has 1 aromatic rings. The van der Waals surface area contributed by atoms with Gasteiger partial charge in [-0.1, -0.05) is 13.8 Å². The maximum atomic E-state index is 12.8. The quantitative estimate of drug-likeness (QED) is 0.738. The fraction of sp³-hybridized carbons (Fsp3) is 0.571. The summed E-state index contributed by atoms with van der Waals surface area (Å²) in [5.41, 5.74) is 0.840. The third-order valence-corrected chi connectivity index (χ3v) is 2.57. The van der Waals surface area contributed by atoms with Crippen LogP contribution in [-0.4, -0.2) is 19.7 Å². The summed E-state index contributed by atoms with van der Waals surface area (Å²) < 4.78 is 18.4. The normalized spacial score (nSPS) is 10.9. The first-order valence-corrected chi connectivity index (χ1v) is 6.19. The first kappa shape index (κ1) is 14.0. The van der Waals surface area contributed by atoms with E-state index in [1.165, 1.54) is 18.6 Å². The molecule has 0 fully saturated rings. The highest BCUT2D eigenvalue weighted by Crippen LogP contribution is 2.17. The molecule has 96 valence electrons. The van der Waals surface area contributed by atoms with Crippen molar-refractivity contribution in [2.75, 3.05) is 19.7 Å². The van der Waals surface area contributed by atoms with Gasteiger partial charge in [0.15, 0.2) is 0 Å². The Morgan fingerprint density at radius 3 is 2.71 bits per heavy atom. The second kappa shape index (κ2) is 7.28. The molecule has 1 N–H and O–H groups in total. The first-order chi connectivity index (χ1) is 8.09. The lowest BCUT2D eigenvalue weighted by molar-refractivity contribution is 0.310. The number of hydrogen-bond acceptors (Lipinski definition) is 2. The molecule has 17 heavy (non-hydrogen) atoms. The molecule has 0 saturated heterocycles. The van der Waals surface area contributed by atoms with Crippen LogP contribution in [0.4, 0.5) is 4.39 Å². The van der Waals surface area contributed by atoms with Crippen LogP contribution >= 0.6 is 0 Å². The predicted molar refractivity (Wildman–Crippen MR) is 69.0 cm³/mol. The van der Waals surface area contributed by atoms with E-state index < -0.39 is 0 Å². The highest BCUT2D eigenvalue weighted by atomic mass is 19.1. The van der Waals surface area contributed by atoms with Crippen LogP contribution in [0.25, 0.3) is 0 Å². The Balaban J connectivity index is 2.18. The summed E-state index contributed by atoms with van der Waals surface area (Å²) in [6.07, 6.45) is 1.18. The van der Waals surface area contributed by atoms with Crippen molar-refractivity contribution in [3.63, 3.8) is 0 Å². The minimum absolute atomic E-state index is 0.218. The van der Waals surface area contributed by atoms with Gasteiger partial charge in [0, 0.05) is 6.54 Å². The molecule has 0 heterocycles. The number of halogens is 1. The van der Waals surface area contributed by atoms with Crippen LogP contribution in [0.2, 0.25) is 0 Å². The lowest BCUT2D eigenvalue weighted by Crippen LogP contribution is -2.23. The van der Waals surface area contributed by atoms with Gasteiger partial charge in [-0.2, -0.15) is 0 Å². The fourth-order valence-electron chi connectivity index (χ4n) is 1.52. The Kier molecular flexibility index (Phi) is 5.98. The summed E-state index contributed by atoms with van der Waals surface area (Å²) in [6.45, 7) is 8.72. The average Bonchev–Trinajstić information content (AvgIpc) is 2.25. The molecule has 0 spiro atoms. The summed E-state index contributed by atoms with van der Waals surface area (Å²) >= 11 is 0. The summed E-state index contributed by atoms with van der Waals surface area (Å²) in [4.78, 5) is 0. The number of ether oxygens (including phenoxy) is 1. The van der Waals surface area contributed by atoms with Gasteiger partial charge in [0.1, 0.15) is 18.2 Å². The van der Waals surface area contributed by atoms with E-state index in [0.717, 1.165) is 30.3 Å². The first-order valence-electron chi connectivity index (χ1n) is 6.19. The Bertz CT molecular complexity index is 339. The van der Waals surface area contributed by atoms with Crippen molar-refractivity contribution in [2.45, 2.75) is 27.2 Å². The highest BCUT2D eigenvalue weighted by Gasteiger charge is 2.00. The van der Waals surface area contributed by atoms with Crippen molar-refractivity contribution in [3.05, 3.63) is 29.6 Å². The molecule has 1 aromatic carbocycles. The smallest absolute Gasteiger partial charge is 0.123 e. The molecule has 0 radical (unpaired) electrons. The Morgan fingerprint density at radius 1 is 1.29 bits per heavy atom. The van der Waals surface area contributed by atoms with Crippen LogP contribution in [0.5, 0.6) is 5.75 Å². The topological polar surface area (TPSA) is 21.3 Å². The van der Waals surface area contributed by atoms with Crippen LogP contribution < -0.4 is 10.1 Å². The molecule has 0 aliphatic heterocycles. The van der Waals surface area contributed by atoms with Crippen molar-refractivity contribution in [2.24, 2.45) is 5.92 Å². The molecular formula is C14H22FNO. The van der Waals surface area contributed by atoms with Gasteiger partial charge in [-0.3, -0.25) is 0 Å². The average molecular weight is 239 g/mol. The molecule has 0 saturated carbocycles. The number of nitrogens with one attached hydrogen (secondary N) is 1. The van der Waals surface area contributed by atoms with Crippen molar-refractivity contribution < 1.29 is 9.13 Å². The van der Waals surface area contributed by atoms with E-state index >= 15 is 0 Å². The fourth-order valence-corrected chi connectivity index (χ4v) is 1.52. The molecule has 0 atom stereocenters. The van der Waals surface area contributed by atoms with Gasteiger partial charge in [0.2, 0.25) is 0 Å². The van der Waals surface area contributed by atoms with Crippen molar-refractivity contribution in [3.8, 4) is 5.75 Å². The molecule has 0 aliphatic carbocycles. The van der Waals surface area contributed by atoms with Gasteiger partial charge in [0.05, 0.1) is 0 Å².